The lowest BCUT2D eigenvalue weighted by molar-refractivity contribution is 0.684. The summed E-state index contributed by atoms with van der Waals surface area (Å²) >= 11 is 1.83. The molecule has 0 N–H and O–H groups in total. The maximum Gasteiger partial charge on any atom is 0.0938 e. The highest BCUT2D eigenvalue weighted by Crippen LogP contribution is 2.22. The van der Waals surface area contributed by atoms with Crippen LogP contribution in [0.5, 0.6) is 0 Å². The molecule has 79 valence electrons. The lowest BCUT2D eigenvalue weighted by atomic mass is 10.2. The van der Waals surface area contributed by atoms with Crippen molar-refractivity contribution in [2.24, 2.45) is 0 Å². The molecule has 0 atom stereocenters. The molecule has 0 amide bonds. The molecule has 0 aliphatic rings. The summed E-state index contributed by atoms with van der Waals surface area (Å²) in [5, 5.41) is 1.28. The summed E-state index contributed by atoms with van der Waals surface area (Å²) in [6.45, 7) is 3.85. The van der Waals surface area contributed by atoms with Crippen molar-refractivity contribution >= 4 is 21.6 Å². The van der Waals surface area contributed by atoms with Gasteiger partial charge in [-0.25, -0.2) is 4.98 Å². The minimum atomic E-state index is 1.06. The van der Waals surface area contributed by atoms with Crippen molar-refractivity contribution in [3.8, 4) is 0 Å². The van der Waals surface area contributed by atoms with E-state index in [0.29, 0.717) is 0 Å². The fourth-order valence-corrected chi connectivity index (χ4v) is 2.67. The molecule has 15 heavy (non-hydrogen) atoms. The van der Waals surface area contributed by atoms with E-state index in [1.807, 2.05) is 11.3 Å². The van der Waals surface area contributed by atoms with E-state index in [1.165, 1.54) is 29.0 Å². The number of para-hydroxylation sites is 1. The smallest absolute Gasteiger partial charge is 0.0938 e. The first kappa shape index (κ1) is 10.6. The number of benzene rings is 1. The van der Waals surface area contributed by atoms with E-state index in [4.69, 9.17) is 0 Å². The predicted molar refractivity (Wildman–Crippen MR) is 67.1 cm³/mol. The van der Waals surface area contributed by atoms with Crippen LogP contribution in [-0.2, 0) is 6.42 Å². The summed E-state index contributed by atoms with van der Waals surface area (Å²) < 4.78 is 1.31. The molecule has 0 spiro atoms. The van der Waals surface area contributed by atoms with E-state index in [2.05, 4.69) is 36.2 Å². The molecule has 0 fully saturated rings. The first-order valence-corrected chi connectivity index (χ1v) is 6.35. The van der Waals surface area contributed by atoms with Crippen LogP contribution in [0.3, 0.4) is 0 Å². The molecule has 1 aromatic carbocycles. The number of rotatable bonds is 5. The van der Waals surface area contributed by atoms with Crippen molar-refractivity contribution in [1.82, 2.24) is 4.98 Å². The van der Waals surface area contributed by atoms with Gasteiger partial charge in [-0.2, -0.15) is 0 Å². The molecular formula is C13H16NS. The Morgan fingerprint density at radius 1 is 1.13 bits per heavy atom. The number of fused-ring (bicyclic) bond motifs is 1. The molecule has 1 nitrogen and oxygen atoms in total. The van der Waals surface area contributed by atoms with Crippen LogP contribution in [0.1, 0.15) is 30.7 Å². The van der Waals surface area contributed by atoms with Crippen molar-refractivity contribution in [3.05, 3.63) is 36.2 Å². The average Bonchev–Trinajstić information content (AvgIpc) is 2.67. The van der Waals surface area contributed by atoms with Gasteiger partial charge in [0.25, 0.3) is 0 Å². The summed E-state index contributed by atoms with van der Waals surface area (Å²) in [5.41, 5.74) is 1.15. The van der Waals surface area contributed by atoms with Crippen molar-refractivity contribution in [2.75, 3.05) is 0 Å². The zero-order valence-corrected chi connectivity index (χ0v) is 9.72. The molecule has 1 radical (unpaired) electrons. The van der Waals surface area contributed by atoms with Crippen LogP contribution in [0.25, 0.3) is 10.2 Å². The van der Waals surface area contributed by atoms with E-state index in [9.17, 15) is 0 Å². The second-order valence-corrected chi connectivity index (χ2v) is 4.85. The summed E-state index contributed by atoms with van der Waals surface area (Å²) in [6.07, 6.45) is 5.94. The van der Waals surface area contributed by atoms with Gasteiger partial charge in [0.2, 0.25) is 0 Å². The lowest BCUT2D eigenvalue weighted by Crippen LogP contribution is -1.83. The zero-order valence-electron chi connectivity index (χ0n) is 8.91. The maximum absolute atomic E-state index is 4.61. The number of aromatic nitrogens is 1. The molecule has 2 heteroatoms. The predicted octanol–water partition coefficient (Wildman–Crippen LogP) is 4.23. The zero-order chi connectivity index (χ0) is 10.5. The Kier molecular flexibility index (Phi) is 3.73. The van der Waals surface area contributed by atoms with Crippen LogP contribution >= 0.6 is 11.3 Å². The van der Waals surface area contributed by atoms with Crippen molar-refractivity contribution in [3.63, 3.8) is 0 Å². The highest BCUT2D eigenvalue weighted by molar-refractivity contribution is 7.18. The van der Waals surface area contributed by atoms with Gasteiger partial charge in [-0.05, 0) is 25.0 Å². The largest absolute Gasteiger partial charge is 0.241 e. The third-order valence-corrected chi connectivity index (χ3v) is 3.57. The third-order valence-electron chi connectivity index (χ3n) is 2.48. The fraction of sp³-hybridized carbons (Fsp3) is 0.385. The number of hydrogen-bond donors (Lipinski definition) is 0. The molecule has 0 aliphatic heterocycles. The number of nitrogens with zero attached hydrogens (tertiary/aromatic N) is 1. The SMILES string of the molecule is [CH2]CCCCCc1nc2ccccc2s1. The Morgan fingerprint density at radius 3 is 2.80 bits per heavy atom. The van der Waals surface area contributed by atoms with Gasteiger partial charge in [0.15, 0.2) is 0 Å². The minimum Gasteiger partial charge on any atom is -0.241 e. The van der Waals surface area contributed by atoms with Crippen molar-refractivity contribution in [1.29, 1.82) is 0 Å². The summed E-state index contributed by atoms with van der Waals surface area (Å²) in [6, 6.07) is 8.36. The Labute approximate surface area is 95.2 Å². The quantitative estimate of drug-likeness (QED) is 0.684. The summed E-state index contributed by atoms with van der Waals surface area (Å²) in [7, 11) is 0. The van der Waals surface area contributed by atoms with Gasteiger partial charge < -0.3 is 0 Å². The van der Waals surface area contributed by atoms with Crippen LogP contribution in [0.4, 0.5) is 0 Å². The second kappa shape index (κ2) is 5.26. The molecule has 1 heterocycles. The molecule has 2 rings (SSSR count). The van der Waals surface area contributed by atoms with Crippen LogP contribution in [0.15, 0.2) is 24.3 Å². The van der Waals surface area contributed by atoms with Gasteiger partial charge in [-0.1, -0.05) is 38.3 Å². The molecule has 0 unspecified atom stereocenters. The normalized spacial score (nSPS) is 11.0. The number of thiazole rings is 1. The Morgan fingerprint density at radius 2 is 2.00 bits per heavy atom. The summed E-state index contributed by atoms with van der Waals surface area (Å²) in [4.78, 5) is 4.61. The first-order valence-electron chi connectivity index (χ1n) is 5.54. The van der Waals surface area contributed by atoms with Crippen molar-refractivity contribution < 1.29 is 0 Å². The number of aryl methyl sites for hydroxylation is 1. The number of unbranched alkanes of at least 4 members (excludes halogenated alkanes) is 3. The van der Waals surface area contributed by atoms with E-state index in [0.717, 1.165) is 18.4 Å². The highest BCUT2D eigenvalue weighted by Gasteiger charge is 2.01. The number of hydrogen-bond acceptors (Lipinski definition) is 2. The molecule has 0 saturated carbocycles. The third kappa shape index (κ3) is 2.78. The molecule has 0 saturated heterocycles. The van der Waals surface area contributed by atoms with E-state index in [1.54, 1.807) is 0 Å². The Balaban J connectivity index is 1.97. The summed E-state index contributed by atoms with van der Waals surface area (Å²) in [5.74, 6) is 0. The van der Waals surface area contributed by atoms with Gasteiger partial charge in [0, 0.05) is 0 Å². The molecule has 2 aromatic rings. The molecule has 0 bridgehead atoms. The van der Waals surface area contributed by atoms with Crippen LogP contribution in [0.2, 0.25) is 0 Å². The lowest BCUT2D eigenvalue weighted by Gasteiger charge is -1.95. The standard InChI is InChI=1S/C13H16NS/c1-2-3-4-5-10-13-14-11-8-6-7-9-12(11)15-13/h6-9H,1-5,10H2. The van der Waals surface area contributed by atoms with E-state index in [-0.39, 0.29) is 0 Å². The highest BCUT2D eigenvalue weighted by atomic mass is 32.1. The maximum atomic E-state index is 4.61. The fourth-order valence-electron chi connectivity index (χ4n) is 1.66. The van der Waals surface area contributed by atoms with Gasteiger partial charge >= 0.3 is 0 Å². The Hall–Kier alpha value is -0.890. The minimum absolute atomic E-state index is 1.06. The second-order valence-electron chi connectivity index (χ2n) is 3.74. The molecular weight excluding hydrogens is 202 g/mol. The van der Waals surface area contributed by atoms with Gasteiger partial charge in [0.1, 0.15) is 0 Å². The van der Waals surface area contributed by atoms with Crippen LogP contribution in [0, 0.1) is 6.92 Å². The van der Waals surface area contributed by atoms with Crippen molar-refractivity contribution in [2.45, 2.75) is 32.1 Å². The van der Waals surface area contributed by atoms with Crippen LogP contribution < -0.4 is 0 Å². The molecule has 1 aromatic heterocycles. The monoisotopic (exact) mass is 218 g/mol. The van der Waals surface area contributed by atoms with E-state index < -0.39 is 0 Å². The van der Waals surface area contributed by atoms with Gasteiger partial charge in [0.05, 0.1) is 15.2 Å². The Bertz CT molecular complexity index is 386. The van der Waals surface area contributed by atoms with E-state index >= 15 is 0 Å². The van der Waals surface area contributed by atoms with Gasteiger partial charge in [-0.15, -0.1) is 11.3 Å². The van der Waals surface area contributed by atoms with Crippen LogP contribution in [-0.4, -0.2) is 4.98 Å². The average molecular weight is 218 g/mol. The van der Waals surface area contributed by atoms with Gasteiger partial charge in [-0.3, -0.25) is 0 Å². The topological polar surface area (TPSA) is 12.9 Å². The first-order chi connectivity index (χ1) is 7.40. The molecule has 0 aliphatic carbocycles.